The summed E-state index contributed by atoms with van der Waals surface area (Å²) in [4.78, 5) is 0. The van der Waals surface area contributed by atoms with Crippen LogP contribution in [-0.4, -0.2) is 31.7 Å². The third-order valence-corrected chi connectivity index (χ3v) is 27.9. The molecule has 18 aromatic rings. The Hall–Kier alpha value is -12.0. The molecule has 0 amide bonds. The molecule has 8 heteroatoms. The van der Waals surface area contributed by atoms with Crippen LogP contribution in [0.5, 0.6) is 23.0 Å². The third-order valence-electron chi connectivity index (χ3n) is 27.9. The standard InChI is InChI=1S/C60H53BN2O.C56H61BN2O/c1-58(2,3)40-23-29-50-45(32-40)46-35-47(60(7,8)9)57-55-56(46)63(50)53-34-42(24-28-48(53)61(55)49-27-22-41(59(4,5)6)33-54(49)64-57)62-51-30-38(36-16-12-10-13-17-36)20-25-43(51)44-26-21-39(31-52(44)62)37-18-14-11-15-19-37;1-52(2,3)32-17-23-44-37(26-32)38-27-33(53(4,5)6)18-24-45(38)58(44)36-20-22-42-47(30-36)59-46-25-19-34(54(7,8)9)28-39(46)40-31-41(56(13,14)15)51-49(50(40)59)57(42)43-21-16-35(55(10,11)12)29-48(43)60-51/h10-35H,1-9H3;16-31H,1-15H3. The summed E-state index contributed by atoms with van der Waals surface area (Å²) in [6, 6.07) is 97.7. The first-order valence-corrected chi connectivity index (χ1v) is 45.1. The van der Waals surface area contributed by atoms with Crippen molar-refractivity contribution < 1.29 is 9.47 Å². The Morgan fingerprint density at radius 1 is 0.218 bits per heavy atom. The lowest BCUT2D eigenvalue weighted by Gasteiger charge is -2.36. The van der Waals surface area contributed by atoms with Gasteiger partial charge in [-0.3, -0.25) is 0 Å². The summed E-state index contributed by atoms with van der Waals surface area (Å²) in [6.45, 7) is 55.6. The molecular weight excluding hydrogens is 1500 g/mol. The highest BCUT2D eigenvalue weighted by atomic mass is 16.5. The summed E-state index contributed by atoms with van der Waals surface area (Å²) >= 11 is 0. The Balaban J connectivity index is 0.000000152. The van der Waals surface area contributed by atoms with E-state index in [-0.39, 0.29) is 56.7 Å². The van der Waals surface area contributed by atoms with E-state index in [1.807, 2.05) is 0 Å². The topological polar surface area (TPSA) is 38.2 Å². The van der Waals surface area contributed by atoms with E-state index in [4.69, 9.17) is 9.47 Å². The molecule has 0 N–H and O–H groups in total. The molecule has 0 spiro atoms. The van der Waals surface area contributed by atoms with Crippen molar-refractivity contribution in [3.05, 3.63) is 299 Å². The molecule has 0 unspecified atom stereocenters. The summed E-state index contributed by atoms with van der Waals surface area (Å²) in [5, 5.41) is 10.3. The van der Waals surface area contributed by atoms with Crippen molar-refractivity contribution in [2.24, 2.45) is 0 Å². The molecule has 124 heavy (non-hydrogen) atoms. The zero-order valence-corrected chi connectivity index (χ0v) is 77.0. The van der Waals surface area contributed by atoms with E-state index in [1.54, 1.807) is 0 Å². The van der Waals surface area contributed by atoms with Crippen LogP contribution in [0.2, 0.25) is 0 Å². The number of nitrogens with zero attached hydrogens (tertiary/aromatic N) is 4. The summed E-state index contributed by atoms with van der Waals surface area (Å²) < 4.78 is 24.7. The zero-order chi connectivity index (χ0) is 86.8. The Labute approximate surface area is 733 Å². The van der Waals surface area contributed by atoms with Crippen molar-refractivity contribution in [3.63, 3.8) is 0 Å². The zero-order valence-electron chi connectivity index (χ0n) is 77.0. The van der Waals surface area contributed by atoms with Gasteiger partial charge in [0.1, 0.15) is 23.0 Å². The monoisotopic (exact) mass is 1620 g/mol. The van der Waals surface area contributed by atoms with Crippen molar-refractivity contribution >= 4 is 133 Å². The molecule has 4 aromatic heterocycles. The molecular formula is C116H114B2N4O2. The molecule has 4 aliphatic rings. The van der Waals surface area contributed by atoms with Crippen LogP contribution in [0.1, 0.15) is 211 Å². The van der Waals surface area contributed by atoms with Crippen LogP contribution in [0, 0.1) is 0 Å². The van der Waals surface area contributed by atoms with Crippen LogP contribution >= 0.6 is 0 Å². The van der Waals surface area contributed by atoms with Gasteiger partial charge in [-0.2, -0.15) is 0 Å². The first kappa shape index (κ1) is 79.2. The van der Waals surface area contributed by atoms with Gasteiger partial charge in [0.2, 0.25) is 0 Å². The van der Waals surface area contributed by atoms with E-state index in [0.29, 0.717) is 0 Å². The number of rotatable bonds is 4. The second-order valence-electron chi connectivity index (χ2n) is 44.7. The molecule has 8 heterocycles. The number of hydrogen-bond donors (Lipinski definition) is 0. The maximum Gasteiger partial charge on any atom is 0.256 e. The van der Waals surface area contributed by atoms with Crippen molar-refractivity contribution in [1.29, 1.82) is 0 Å². The molecule has 6 nitrogen and oxygen atoms in total. The third kappa shape index (κ3) is 12.3. The number of ether oxygens (including phenoxy) is 2. The number of benzene rings is 14. The van der Waals surface area contributed by atoms with E-state index in [9.17, 15) is 0 Å². The summed E-state index contributed by atoms with van der Waals surface area (Å²) in [6.07, 6.45) is 0. The normalized spacial score (nSPS) is 13.9. The van der Waals surface area contributed by atoms with E-state index >= 15 is 0 Å². The molecule has 0 aliphatic carbocycles. The Morgan fingerprint density at radius 2 is 0.516 bits per heavy atom. The molecule has 0 atom stereocenters. The van der Waals surface area contributed by atoms with Gasteiger partial charge in [0, 0.05) is 77.0 Å². The van der Waals surface area contributed by atoms with Crippen LogP contribution in [0.3, 0.4) is 0 Å². The predicted molar refractivity (Wildman–Crippen MR) is 533 cm³/mol. The lowest BCUT2D eigenvalue weighted by Crippen LogP contribution is -2.58. The SMILES string of the molecule is CC(C)(C)c1ccc2c(c1)Oc1c(C(C)(C)C)cc3c4cc(C(C)(C)C)ccc4n4c3c1B2c1ccc(-n2c3cc(-c5ccccc5)ccc3c3ccc(-c5ccccc5)cc32)cc1-4.CC(C)(C)c1ccc2c(c1)Oc1c(C(C)(C)C)cc3c4cc(C(C)(C)C)ccc4n4c3c1B2c1ccc(-n2c3ccc(C(C)(C)C)cc3c3cc(C(C)(C)C)ccc32)cc1-4. The minimum Gasteiger partial charge on any atom is -0.458 e. The van der Waals surface area contributed by atoms with E-state index in [0.717, 1.165) is 28.7 Å². The Morgan fingerprint density at radius 3 is 0.847 bits per heavy atom. The second kappa shape index (κ2) is 26.8. The van der Waals surface area contributed by atoms with Crippen LogP contribution in [0.15, 0.2) is 255 Å². The van der Waals surface area contributed by atoms with E-state index in [2.05, 4.69) is 439 Å². The Bertz CT molecular complexity index is 7440. The van der Waals surface area contributed by atoms with Gasteiger partial charge >= 0.3 is 0 Å². The van der Waals surface area contributed by atoms with Gasteiger partial charge in [-0.15, -0.1) is 0 Å². The molecule has 0 fully saturated rings. The molecule has 616 valence electrons. The molecule has 22 rings (SSSR count). The first-order valence-electron chi connectivity index (χ1n) is 45.1. The smallest absolute Gasteiger partial charge is 0.256 e. The van der Waals surface area contributed by atoms with Crippen LogP contribution < -0.4 is 42.3 Å². The minimum atomic E-state index is -0.155. The van der Waals surface area contributed by atoms with Gasteiger partial charge in [0.25, 0.3) is 13.4 Å². The molecule has 0 saturated carbocycles. The van der Waals surface area contributed by atoms with Crippen molar-refractivity contribution in [2.45, 2.75) is 209 Å². The van der Waals surface area contributed by atoms with Gasteiger partial charge in [0.05, 0.1) is 44.1 Å². The van der Waals surface area contributed by atoms with Gasteiger partial charge in [-0.25, -0.2) is 0 Å². The number of aromatic nitrogens is 4. The van der Waals surface area contributed by atoms with Crippen molar-refractivity contribution in [1.82, 2.24) is 18.3 Å². The van der Waals surface area contributed by atoms with Crippen LogP contribution in [0.4, 0.5) is 0 Å². The number of fused-ring (bicyclic) bond motifs is 22. The fourth-order valence-electron chi connectivity index (χ4n) is 20.9. The highest BCUT2D eigenvalue weighted by Crippen LogP contribution is 2.51. The van der Waals surface area contributed by atoms with Crippen molar-refractivity contribution in [2.75, 3.05) is 0 Å². The molecule has 0 saturated heterocycles. The molecule has 14 aromatic carbocycles. The van der Waals surface area contributed by atoms with Gasteiger partial charge in [-0.05, 0) is 241 Å². The number of hydrogen-bond acceptors (Lipinski definition) is 2. The molecule has 0 radical (unpaired) electrons. The minimum absolute atomic E-state index is 0.00196. The fourth-order valence-corrected chi connectivity index (χ4v) is 20.9. The largest absolute Gasteiger partial charge is 0.458 e. The lowest BCUT2D eigenvalue weighted by atomic mass is 9.34. The second-order valence-corrected chi connectivity index (χ2v) is 44.7. The highest BCUT2D eigenvalue weighted by Gasteiger charge is 2.47. The van der Waals surface area contributed by atoms with Gasteiger partial charge in [0.15, 0.2) is 0 Å². The first-order chi connectivity index (χ1) is 58.5. The van der Waals surface area contributed by atoms with E-state index in [1.165, 1.54) is 204 Å². The lowest BCUT2D eigenvalue weighted by molar-refractivity contribution is 0.457. The van der Waals surface area contributed by atoms with Crippen LogP contribution in [0.25, 0.3) is 132 Å². The quantitative estimate of drug-likeness (QED) is 0.165. The maximum absolute atomic E-state index is 7.28. The van der Waals surface area contributed by atoms with Crippen molar-refractivity contribution in [3.8, 4) is 68.0 Å². The highest BCUT2D eigenvalue weighted by molar-refractivity contribution is 7.00. The molecule has 0 bridgehead atoms. The summed E-state index contributed by atoms with van der Waals surface area (Å²) in [5.74, 6) is 3.99. The van der Waals surface area contributed by atoms with Gasteiger partial charge < -0.3 is 27.7 Å². The molecule has 4 aliphatic heterocycles. The van der Waals surface area contributed by atoms with E-state index < -0.39 is 0 Å². The summed E-state index contributed by atoms with van der Waals surface area (Å²) in [7, 11) is 0. The Kier molecular flexibility index (Phi) is 17.1. The van der Waals surface area contributed by atoms with Gasteiger partial charge in [-0.1, -0.05) is 312 Å². The summed E-state index contributed by atoms with van der Waals surface area (Å²) in [5.41, 5.74) is 37.3. The maximum atomic E-state index is 7.28. The van der Waals surface area contributed by atoms with Crippen LogP contribution in [-0.2, 0) is 43.3 Å². The average Bonchev–Trinajstić information content (AvgIpc) is 1.47. The fraction of sp³-hybridized carbons (Fsp3) is 0.276. The average molecular weight is 1620 g/mol. The predicted octanol–water partition coefficient (Wildman–Crippen LogP) is 27.3.